The zero-order valence-electron chi connectivity index (χ0n) is 5.64. The quantitative estimate of drug-likeness (QED) is 0.401. The monoisotopic (exact) mass is 170 g/mol. The second-order valence-corrected chi connectivity index (χ2v) is 0.189. The summed E-state index contributed by atoms with van der Waals surface area (Å²) < 4.78 is 0. The highest BCUT2D eigenvalue weighted by atomic mass is 16.3. The third-order valence-electron chi connectivity index (χ3n) is 0. The van der Waals surface area contributed by atoms with Gasteiger partial charge in [-0.2, -0.15) is 9.59 Å². The van der Waals surface area contributed by atoms with Gasteiger partial charge in [-0.15, -0.1) is 0 Å². The van der Waals surface area contributed by atoms with Gasteiger partial charge in [0.1, 0.15) is 0 Å². The highest BCUT2D eigenvalue weighted by molar-refractivity contribution is 5.32. The second kappa shape index (κ2) is 893. The number of carbonyl (C=O) groups excluding carboxylic acids is 2. The van der Waals surface area contributed by atoms with Crippen LogP contribution in [0.1, 0.15) is 7.43 Å². The Balaban J connectivity index is -0.0000000144. The second-order valence-electron chi connectivity index (χ2n) is 0.189. The van der Waals surface area contributed by atoms with Crippen LogP contribution in [0.4, 0.5) is 0 Å². The lowest BCUT2D eigenvalue weighted by molar-refractivity contribution is -0.191. The van der Waals surface area contributed by atoms with Crippen molar-refractivity contribution in [3.05, 3.63) is 0 Å². The van der Waals surface area contributed by atoms with E-state index in [1.54, 1.807) is 0 Å². The Morgan fingerprint density at radius 2 is 1.09 bits per heavy atom. The Hall–Kier alpha value is -1.23. The van der Waals surface area contributed by atoms with Crippen molar-refractivity contribution in [2.24, 2.45) is 0 Å². The molecule has 0 radical (unpaired) electrons. The molecule has 11 heavy (non-hydrogen) atoms. The highest BCUT2D eigenvalue weighted by Gasteiger charge is 1.22. The van der Waals surface area contributed by atoms with E-state index in [1.165, 1.54) is 0 Å². The van der Waals surface area contributed by atoms with Gasteiger partial charge < -0.3 is 15.3 Å². The van der Waals surface area contributed by atoms with Crippen LogP contribution in [-0.4, -0.2) is 42.2 Å². The molecular formula is C5H14O6. The summed E-state index contributed by atoms with van der Waals surface area (Å²) in [4.78, 5) is 24.6. The van der Waals surface area contributed by atoms with Gasteiger partial charge in [-0.25, -0.2) is 0 Å². The first-order valence-corrected chi connectivity index (χ1v) is 1.80. The van der Waals surface area contributed by atoms with Crippen LogP contribution in [0.3, 0.4) is 0 Å². The van der Waals surface area contributed by atoms with Crippen molar-refractivity contribution in [1.29, 1.82) is 0 Å². The van der Waals surface area contributed by atoms with Crippen molar-refractivity contribution in [1.82, 2.24) is 0 Å². The number of aliphatic hydroxyl groups excluding tert-OH is 2. The maximum atomic E-state index is 8.36. The summed E-state index contributed by atoms with van der Waals surface area (Å²) in [5, 5.41) is 20.9. The van der Waals surface area contributed by atoms with E-state index in [0.717, 1.165) is 14.2 Å². The van der Waals surface area contributed by atoms with E-state index in [2.05, 4.69) is 0 Å². The fourth-order valence-electron chi connectivity index (χ4n) is 0. The maximum absolute atomic E-state index is 8.36. The summed E-state index contributed by atoms with van der Waals surface area (Å²) in [6, 6.07) is 0. The standard InChI is InChI=1S/CH2O2.CO2.2CH4O.CH4/c2*2-1-3;2*1-2;/h1H,(H,2,3);;2*2H,1H3;1H4. The van der Waals surface area contributed by atoms with E-state index in [9.17, 15) is 0 Å². The van der Waals surface area contributed by atoms with Gasteiger partial charge >= 0.3 is 6.15 Å². The molecule has 0 aliphatic heterocycles. The van der Waals surface area contributed by atoms with Crippen LogP contribution in [0, 0.1) is 0 Å². The minimum absolute atomic E-state index is 0. The molecule has 6 heteroatoms. The third kappa shape index (κ3) is 266. The molecule has 0 fully saturated rings. The van der Waals surface area contributed by atoms with Crippen molar-refractivity contribution in [2.45, 2.75) is 7.43 Å². The molecule has 0 aliphatic rings. The van der Waals surface area contributed by atoms with Gasteiger partial charge in [-0.05, 0) is 0 Å². The van der Waals surface area contributed by atoms with E-state index >= 15 is 0 Å². The first-order chi connectivity index (χ1) is 4.83. The Labute approximate surface area is 65.1 Å². The summed E-state index contributed by atoms with van der Waals surface area (Å²) in [5.74, 6) is 0. The predicted molar refractivity (Wildman–Crippen MR) is 36.7 cm³/mol. The lowest BCUT2D eigenvalue weighted by atomic mass is 11.7. The normalized spacial score (nSPS) is 2.91. The molecular weight excluding hydrogens is 156 g/mol. The average molecular weight is 170 g/mol. The Morgan fingerprint density at radius 1 is 1.09 bits per heavy atom. The van der Waals surface area contributed by atoms with Crippen molar-refractivity contribution < 1.29 is 29.7 Å². The summed E-state index contributed by atoms with van der Waals surface area (Å²) in [6.07, 6.45) is 0.250. The van der Waals surface area contributed by atoms with Gasteiger partial charge in [-0.1, -0.05) is 7.43 Å². The summed E-state index contributed by atoms with van der Waals surface area (Å²) >= 11 is 0. The molecule has 0 atom stereocenters. The molecule has 0 heterocycles. The van der Waals surface area contributed by atoms with E-state index in [0.29, 0.717) is 0 Å². The van der Waals surface area contributed by atoms with Crippen molar-refractivity contribution in [3.8, 4) is 0 Å². The van der Waals surface area contributed by atoms with Crippen LogP contribution in [-0.2, 0) is 14.4 Å². The third-order valence-corrected chi connectivity index (χ3v) is 0. The van der Waals surface area contributed by atoms with Gasteiger partial charge in [0.2, 0.25) is 0 Å². The number of aliphatic hydroxyl groups is 2. The summed E-state index contributed by atoms with van der Waals surface area (Å²) in [5.41, 5.74) is 0. The Kier molecular flexibility index (Phi) is 2680. The molecule has 6 nitrogen and oxygen atoms in total. The lowest BCUT2D eigenvalue weighted by Crippen LogP contribution is -1.49. The van der Waals surface area contributed by atoms with Crippen LogP contribution in [0.15, 0.2) is 0 Å². The van der Waals surface area contributed by atoms with Crippen LogP contribution < -0.4 is 0 Å². The van der Waals surface area contributed by atoms with Crippen LogP contribution >= 0.6 is 0 Å². The van der Waals surface area contributed by atoms with Gasteiger partial charge in [0.25, 0.3) is 6.47 Å². The van der Waals surface area contributed by atoms with Crippen LogP contribution in [0.25, 0.3) is 0 Å². The smallest absolute Gasteiger partial charge is 0.373 e. The fourth-order valence-corrected chi connectivity index (χ4v) is 0. The maximum Gasteiger partial charge on any atom is 0.373 e. The molecule has 0 bridgehead atoms. The highest BCUT2D eigenvalue weighted by Crippen LogP contribution is 0.966. The van der Waals surface area contributed by atoms with E-state index in [1.807, 2.05) is 0 Å². The van der Waals surface area contributed by atoms with Gasteiger partial charge in [0.05, 0.1) is 0 Å². The predicted octanol–water partition coefficient (Wildman–Crippen LogP) is -1.03. The molecule has 3 N–H and O–H groups in total. The SMILES string of the molecule is C.CO.CO.O=C=O.O=CO. The number of carbonyl (C=O) groups is 1. The van der Waals surface area contributed by atoms with Gasteiger partial charge in [0, 0.05) is 14.2 Å². The number of hydrogen-bond acceptors (Lipinski definition) is 5. The van der Waals surface area contributed by atoms with Crippen LogP contribution in [0.5, 0.6) is 0 Å². The molecule has 0 rings (SSSR count). The molecule has 0 spiro atoms. The fraction of sp³-hybridized carbons (Fsp3) is 0.600. The van der Waals surface area contributed by atoms with Crippen LogP contribution in [0.2, 0.25) is 0 Å². The summed E-state index contributed by atoms with van der Waals surface area (Å²) in [6.45, 7) is -0.250. The van der Waals surface area contributed by atoms with Gasteiger partial charge in [0.15, 0.2) is 0 Å². The zero-order valence-corrected chi connectivity index (χ0v) is 5.64. The molecule has 0 aliphatic carbocycles. The molecule has 0 unspecified atom stereocenters. The molecule has 70 valence electrons. The first-order valence-electron chi connectivity index (χ1n) is 1.80. The minimum atomic E-state index is -0.250. The first kappa shape index (κ1) is 33.0. The lowest BCUT2D eigenvalue weighted by Gasteiger charge is -1.34. The Bertz CT molecular complexity index is 56.0. The molecule has 0 aromatic heterocycles. The van der Waals surface area contributed by atoms with E-state index in [-0.39, 0.29) is 20.1 Å². The van der Waals surface area contributed by atoms with E-state index < -0.39 is 0 Å². The zero-order chi connectivity index (χ0) is 9.41. The molecule has 0 aromatic rings. The van der Waals surface area contributed by atoms with Crippen molar-refractivity contribution >= 4 is 12.6 Å². The minimum Gasteiger partial charge on any atom is -0.483 e. The van der Waals surface area contributed by atoms with Crippen molar-refractivity contribution in [3.63, 3.8) is 0 Å². The molecule has 0 amide bonds. The number of carboxylic acid groups (broad SMARTS) is 1. The number of rotatable bonds is 0. The van der Waals surface area contributed by atoms with Crippen molar-refractivity contribution in [2.75, 3.05) is 14.2 Å². The largest absolute Gasteiger partial charge is 0.483 e. The Morgan fingerprint density at radius 3 is 1.09 bits per heavy atom. The number of hydrogen-bond donors (Lipinski definition) is 3. The molecule has 0 saturated carbocycles. The summed E-state index contributed by atoms with van der Waals surface area (Å²) in [7, 11) is 2.00. The molecule has 0 aromatic carbocycles. The van der Waals surface area contributed by atoms with Gasteiger partial charge in [-0.3, -0.25) is 4.79 Å². The van der Waals surface area contributed by atoms with E-state index in [4.69, 9.17) is 29.7 Å². The average Bonchev–Trinajstić information content (AvgIpc) is 1.99. The molecule has 0 saturated heterocycles. The topological polar surface area (TPSA) is 112 Å².